The normalized spacial score (nSPS) is 11.9. The van der Waals surface area contributed by atoms with Gasteiger partial charge in [0.15, 0.2) is 5.96 Å². The number of halogens is 4. The van der Waals surface area contributed by atoms with Crippen LogP contribution in [0.25, 0.3) is 0 Å². The maximum atomic E-state index is 12.3. The van der Waals surface area contributed by atoms with E-state index in [1.807, 2.05) is 43.1 Å². The van der Waals surface area contributed by atoms with Crippen molar-refractivity contribution in [3.63, 3.8) is 0 Å². The molecule has 0 unspecified atom stereocenters. The second kappa shape index (κ2) is 13.0. The Morgan fingerprint density at radius 3 is 2.33 bits per heavy atom. The summed E-state index contributed by atoms with van der Waals surface area (Å²) in [7, 11) is 5.08. The second-order valence-electron chi connectivity index (χ2n) is 6.11. The molecule has 0 aromatic heterocycles. The molecular formula is C18H30F3IN4O. The molecule has 1 N–H and O–H groups in total. The lowest BCUT2D eigenvalue weighted by Crippen LogP contribution is -2.40. The summed E-state index contributed by atoms with van der Waals surface area (Å²) >= 11 is 0. The van der Waals surface area contributed by atoms with Gasteiger partial charge in [0, 0.05) is 27.2 Å². The number of hydrogen-bond acceptors (Lipinski definition) is 3. The summed E-state index contributed by atoms with van der Waals surface area (Å²) in [6, 6.07) is 7.86. The SMILES string of the molecule is CCOc1ccc(CN(C)C(=NC)NCCCN(C)CC(F)(F)F)cc1.I. The van der Waals surface area contributed by atoms with Gasteiger partial charge in [-0.3, -0.25) is 9.89 Å². The zero-order valence-corrected chi connectivity index (χ0v) is 18.7. The van der Waals surface area contributed by atoms with E-state index in [0.717, 1.165) is 11.3 Å². The minimum Gasteiger partial charge on any atom is -0.494 e. The molecule has 0 radical (unpaired) electrons. The van der Waals surface area contributed by atoms with E-state index >= 15 is 0 Å². The van der Waals surface area contributed by atoms with Crippen LogP contribution < -0.4 is 10.1 Å². The molecule has 0 atom stereocenters. The molecule has 0 bridgehead atoms. The Balaban J connectivity index is 0.00000676. The smallest absolute Gasteiger partial charge is 0.401 e. The van der Waals surface area contributed by atoms with Gasteiger partial charge in [0.05, 0.1) is 13.2 Å². The Labute approximate surface area is 177 Å². The highest BCUT2D eigenvalue weighted by Crippen LogP contribution is 2.15. The van der Waals surface area contributed by atoms with Gasteiger partial charge in [0.1, 0.15) is 5.75 Å². The van der Waals surface area contributed by atoms with Crippen molar-refractivity contribution in [3.8, 4) is 5.75 Å². The van der Waals surface area contributed by atoms with Crippen LogP contribution in [0.1, 0.15) is 18.9 Å². The van der Waals surface area contributed by atoms with Crippen molar-refractivity contribution < 1.29 is 17.9 Å². The molecule has 0 aliphatic rings. The molecule has 27 heavy (non-hydrogen) atoms. The lowest BCUT2D eigenvalue weighted by Gasteiger charge is -2.23. The van der Waals surface area contributed by atoms with Gasteiger partial charge in [0.25, 0.3) is 0 Å². The quantitative estimate of drug-likeness (QED) is 0.243. The van der Waals surface area contributed by atoms with Gasteiger partial charge in [-0.1, -0.05) is 12.1 Å². The molecule has 0 fully saturated rings. The number of rotatable bonds is 9. The number of nitrogens with zero attached hydrogens (tertiary/aromatic N) is 3. The van der Waals surface area contributed by atoms with Crippen molar-refractivity contribution in [1.82, 2.24) is 15.1 Å². The van der Waals surface area contributed by atoms with Crippen LogP contribution in [0.4, 0.5) is 13.2 Å². The Morgan fingerprint density at radius 1 is 1.19 bits per heavy atom. The Hall–Kier alpha value is -1.23. The molecule has 0 aliphatic heterocycles. The van der Waals surface area contributed by atoms with Crippen LogP contribution >= 0.6 is 24.0 Å². The molecular weight excluding hydrogens is 472 g/mol. The predicted octanol–water partition coefficient (Wildman–Crippen LogP) is 3.59. The molecule has 1 aromatic carbocycles. The lowest BCUT2D eigenvalue weighted by atomic mass is 10.2. The second-order valence-corrected chi connectivity index (χ2v) is 6.11. The number of aliphatic imine (C=N–C) groups is 1. The van der Waals surface area contributed by atoms with E-state index in [4.69, 9.17) is 4.74 Å². The number of nitrogens with one attached hydrogen (secondary N) is 1. The van der Waals surface area contributed by atoms with Gasteiger partial charge < -0.3 is 15.0 Å². The first-order valence-corrected chi connectivity index (χ1v) is 8.64. The van der Waals surface area contributed by atoms with Crippen LogP contribution in [0.2, 0.25) is 0 Å². The van der Waals surface area contributed by atoms with Crippen LogP contribution in [-0.4, -0.2) is 69.3 Å². The fraction of sp³-hybridized carbons (Fsp3) is 0.611. The first-order chi connectivity index (χ1) is 12.2. The number of guanidine groups is 1. The molecule has 0 spiro atoms. The minimum atomic E-state index is -4.16. The van der Waals surface area contributed by atoms with E-state index in [0.29, 0.717) is 38.6 Å². The van der Waals surface area contributed by atoms with Gasteiger partial charge >= 0.3 is 6.18 Å². The first-order valence-electron chi connectivity index (χ1n) is 8.64. The van der Waals surface area contributed by atoms with E-state index < -0.39 is 12.7 Å². The van der Waals surface area contributed by atoms with Crippen molar-refractivity contribution in [2.45, 2.75) is 26.1 Å². The number of hydrogen-bond donors (Lipinski definition) is 1. The molecule has 0 heterocycles. The molecule has 1 rings (SSSR count). The standard InChI is InChI=1S/C18H29F3N4O.HI/c1-5-26-16-9-7-15(8-10-16)13-25(4)17(22-2)23-11-6-12-24(3)14-18(19,20)21;/h7-10H,5-6,11-14H2,1-4H3,(H,22,23);1H. The fourth-order valence-electron chi connectivity index (χ4n) is 2.53. The Kier molecular flexibility index (Phi) is 12.4. The molecule has 1 aromatic rings. The molecule has 156 valence electrons. The summed E-state index contributed by atoms with van der Waals surface area (Å²) in [5.74, 6) is 1.54. The summed E-state index contributed by atoms with van der Waals surface area (Å²) in [5, 5.41) is 3.18. The molecule has 0 saturated carbocycles. The van der Waals surface area contributed by atoms with Crippen molar-refractivity contribution in [1.29, 1.82) is 0 Å². The zero-order valence-electron chi connectivity index (χ0n) is 16.3. The van der Waals surface area contributed by atoms with Gasteiger partial charge in [0.2, 0.25) is 0 Å². The third-order valence-electron chi connectivity index (χ3n) is 3.68. The highest BCUT2D eigenvalue weighted by atomic mass is 127. The van der Waals surface area contributed by atoms with Crippen LogP contribution in [0.3, 0.4) is 0 Å². The molecule has 0 aliphatic carbocycles. The summed E-state index contributed by atoms with van der Waals surface area (Å²) in [4.78, 5) is 7.46. The molecule has 5 nitrogen and oxygen atoms in total. The summed E-state index contributed by atoms with van der Waals surface area (Å²) in [5.41, 5.74) is 1.11. The summed E-state index contributed by atoms with van der Waals surface area (Å²) in [6.07, 6.45) is -3.56. The Bertz CT molecular complexity index is 553. The van der Waals surface area contributed by atoms with Crippen LogP contribution in [0.5, 0.6) is 5.75 Å². The third-order valence-corrected chi connectivity index (χ3v) is 3.68. The van der Waals surface area contributed by atoms with Gasteiger partial charge in [-0.25, -0.2) is 0 Å². The van der Waals surface area contributed by atoms with E-state index in [2.05, 4.69) is 10.3 Å². The van der Waals surface area contributed by atoms with Gasteiger partial charge in [-0.05, 0) is 44.6 Å². The maximum Gasteiger partial charge on any atom is 0.401 e. The fourth-order valence-corrected chi connectivity index (χ4v) is 2.53. The summed E-state index contributed by atoms with van der Waals surface area (Å²) < 4.78 is 42.3. The predicted molar refractivity (Wildman–Crippen MR) is 114 cm³/mol. The molecule has 9 heteroatoms. The summed E-state index contributed by atoms with van der Waals surface area (Å²) in [6.45, 7) is 3.28. The zero-order chi connectivity index (χ0) is 19.6. The van der Waals surface area contributed by atoms with Crippen LogP contribution in [0.15, 0.2) is 29.3 Å². The van der Waals surface area contributed by atoms with Crippen molar-refractivity contribution in [2.24, 2.45) is 4.99 Å². The van der Waals surface area contributed by atoms with E-state index in [1.165, 1.54) is 11.9 Å². The van der Waals surface area contributed by atoms with Crippen molar-refractivity contribution in [3.05, 3.63) is 29.8 Å². The minimum absolute atomic E-state index is 0. The van der Waals surface area contributed by atoms with Gasteiger partial charge in [-0.15, -0.1) is 24.0 Å². The van der Waals surface area contributed by atoms with E-state index in [9.17, 15) is 13.2 Å². The average Bonchev–Trinajstić information content (AvgIpc) is 2.55. The molecule has 0 amide bonds. The monoisotopic (exact) mass is 502 g/mol. The first kappa shape index (κ1) is 25.8. The van der Waals surface area contributed by atoms with Gasteiger partial charge in [-0.2, -0.15) is 13.2 Å². The van der Waals surface area contributed by atoms with Crippen LogP contribution in [-0.2, 0) is 6.54 Å². The lowest BCUT2D eigenvalue weighted by molar-refractivity contribution is -0.143. The molecule has 0 saturated heterocycles. The third kappa shape index (κ3) is 11.3. The van der Waals surface area contributed by atoms with Crippen molar-refractivity contribution in [2.75, 3.05) is 47.4 Å². The Morgan fingerprint density at radius 2 is 1.81 bits per heavy atom. The maximum absolute atomic E-state index is 12.3. The topological polar surface area (TPSA) is 40.1 Å². The van der Waals surface area contributed by atoms with E-state index in [-0.39, 0.29) is 24.0 Å². The number of alkyl halides is 3. The van der Waals surface area contributed by atoms with E-state index in [1.54, 1.807) is 7.05 Å². The highest BCUT2D eigenvalue weighted by molar-refractivity contribution is 14.0. The van der Waals surface area contributed by atoms with Crippen LogP contribution in [0, 0.1) is 0 Å². The highest BCUT2D eigenvalue weighted by Gasteiger charge is 2.28. The largest absolute Gasteiger partial charge is 0.494 e. The number of benzene rings is 1. The van der Waals surface area contributed by atoms with Crippen molar-refractivity contribution >= 4 is 29.9 Å². The number of ether oxygens (including phenoxy) is 1. The average molecular weight is 502 g/mol.